The summed E-state index contributed by atoms with van der Waals surface area (Å²) in [5.74, 6) is -0.921. The number of hydrogen-bond acceptors (Lipinski definition) is 5. The molecule has 38 heavy (non-hydrogen) atoms. The van der Waals surface area contributed by atoms with E-state index in [-0.39, 0.29) is 22.5 Å². The lowest BCUT2D eigenvalue weighted by Crippen LogP contribution is -2.45. The molecule has 2 aromatic heterocycles. The summed E-state index contributed by atoms with van der Waals surface area (Å²) in [6, 6.07) is 13.5. The average Bonchev–Trinajstić information content (AvgIpc) is 3.12. The number of aryl methyl sites for hydroxylation is 1. The Morgan fingerprint density at radius 2 is 1.92 bits per heavy atom. The molecule has 0 bridgehead atoms. The fraction of sp³-hybridized carbons (Fsp3) is 0.357. The molecule has 0 saturated heterocycles. The van der Waals surface area contributed by atoms with Crippen LogP contribution in [0.3, 0.4) is 0 Å². The topological polar surface area (TPSA) is 95.4 Å². The Kier molecular flexibility index (Phi) is 7.15. The number of para-hydroxylation sites is 1. The molecule has 2 N–H and O–H groups in total. The molecule has 1 aromatic carbocycles. The second kappa shape index (κ2) is 10.4. The molecule has 0 spiro atoms. The standard InChI is InChI=1S/C28H27ClF2N4O3/c1-16-5-4-8-23(33-16)28(38)21-6-2-3-7-22(21)35(27(28)37)15-17-9-11-19(12-10-17)34-26(36)20-13-18(29)14-32-24(20)25(30)31/h2-8,13-14,17,19,25,38H,9-12,15H2,1H3,(H,34,36). The number of rotatable bonds is 6. The van der Waals surface area contributed by atoms with Crippen molar-refractivity contribution in [2.24, 2.45) is 5.92 Å². The molecule has 5 rings (SSSR count). The van der Waals surface area contributed by atoms with Crippen molar-refractivity contribution in [3.8, 4) is 0 Å². The first-order chi connectivity index (χ1) is 18.2. The van der Waals surface area contributed by atoms with Crippen LogP contribution in [0.15, 0.2) is 54.7 Å². The number of hydrogen-bond donors (Lipinski definition) is 2. The summed E-state index contributed by atoms with van der Waals surface area (Å²) >= 11 is 5.88. The normalized spacial score (nSPS) is 23.0. The van der Waals surface area contributed by atoms with E-state index < -0.39 is 29.5 Å². The predicted octanol–water partition coefficient (Wildman–Crippen LogP) is 4.95. The van der Waals surface area contributed by atoms with E-state index in [1.54, 1.807) is 29.2 Å². The minimum atomic E-state index is -2.89. The van der Waals surface area contributed by atoms with Crippen LogP contribution in [0.25, 0.3) is 0 Å². The van der Waals surface area contributed by atoms with E-state index >= 15 is 0 Å². The lowest BCUT2D eigenvalue weighted by molar-refractivity contribution is -0.132. The number of carbonyl (C=O) groups is 2. The molecule has 0 radical (unpaired) electrons. The minimum Gasteiger partial charge on any atom is -0.370 e. The van der Waals surface area contributed by atoms with Gasteiger partial charge in [0.15, 0.2) is 0 Å². The van der Waals surface area contributed by atoms with Gasteiger partial charge in [-0.05, 0) is 62.8 Å². The van der Waals surface area contributed by atoms with Gasteiger partial charge in [-0.25, -0.2) is 8.78 Å². The van der Waals surface area contributed by atoms with Crippen molar-refractivity contribution in [2.45, 2.75) is 50.7 Å². The number of anilines is 1. The zero-order valence-electron chi connectivity index (χ0n) is 20.7. The van der Waals surface area contributed by atoms with Crippen molar-refractivity contribution in [1.29, 1.82) is 0 Å². The molecule has 198 valence electrons. The maximum Gasteiger partial charge on any atom is 0.281 e. The Hall–Kier alpha value is -3.43. The molecule has 2 aliphatic rings. The Labute approximate surface area is 223 Å². The van der Waals surface area contributed by atoms with E-state index in [1.807, 2.05) is 25.1 Å². The van der Waals surface area contributed by atoms with Crippen molar-refractivity contribution in [2.75, 3.05) is 11.4 Å². The minimum absolute atomic E-state index is 0.111. The van der Waals surface area contributed by atoms with E-state index in [2.05, 4.69) is 15.3 Å². The maximum absolute atomic E-state index is 13.7. The number of nitrogens with one attached hydrogen (secondary N) is 1. The maximum atomic E-state index is 13.7. The first-order valence-electron chi connectivity index (χ1n) is 12.5. The SMILES string of the molecule is Cc1cccc(C2(O)C(=O)N(CC3CCC(NC(=O)c4cc(Cl)cnc4C(F)F)CC3)c3ccccc32)n1. The van der Waals surface area contributed by atoms with Crippen molar-refractivity contribution in [3.05, 3.63) is 88.0 Å². The van der Waals surface area contributed by atoms with Crippen LogP contribution in [0.5, 0.6) is 0 Å². The van der Waals surface area contributed by atoms with Gasteiger partial charge in [0.05, 0.1) is 22.0 Å². The highest BCUT2D eigenvalue weighted by atomic mass is 35.5. The zero-order valence-corrected chi connectivity index (χ0v) is 21.5. The van der Waals surface area contributed by atoms with E-state index in [4.69, 9.17) is 11.6 Å². The summed E-state index contributed by atoms with van der Waals surface area (Å²) in [6.07, 6.45) is 0.891. The van der Waals surface area contributed by atoms with Gasteiger partial charge >= 0.3 is 0 Å². The van der Waals surface area contributed by atoms with Gasteiger partial charge in [-0.15, -0.1) is 0 Å². The summed E-state index contributed by atoms with van der Waals surface area (Å²) in [4.78, 5) is 36.1. The highest BCUT2D eigenvalue weighted by Gasteiger charge is 2.52. The molecule has 1 saturated carbocycles. The molecule has 10 heteroatoms. The van der Waals surface area contributed by atoms with Gasteiger partial charge in [0.2, 0.25) is 5.60 Å². The van der Waals surface area contributed by atoms with Gasteiger partial charge in [-0.1, -0.05) is 35.9 Å². The highest BCUT2D eigenvalue weighted by Crippen LogP contribution is 2.44. The number of nitrogens with zero attached hydrogens (tertiary/aromatic N) is 3. The van der Waals surface area contributed by atoms with E-state index in [9.17, 15) is 23.5 Å². The summed E-state index contributed by atoms with van der Waals surface area (Å²) in [7, 11) is 0. The van der Waals surface area contributed by atoms with Gasteiger partial charge in [0.25, 0.3) is 18.2 Å². The van der Waals surface area contributed by atoms with Gasteiger partial charge in [-0.3, -0.25) is 19.6 Å². The molecule has 1 fully saturated rings. The number of benzene rings is 1. The van der Waals surface area contributed by atoms with E-state index in [0.717, 1.165) is 6.20 Å². The average molecular weight is 541 g/mol. The Balaban J connectivity index is 1.27. The molecule has 7 nitrogen and oxygen atoms in total. The van der Waals surface area contributed by atoms with Gasteiger partial charge in [0, 0.05) is 30.0 Å². The number of aromatic nitrogens is 2. The van der Waals surface area contributed by atoms with Crippen molar-refractivity contribution in [3.63, 3.8) is 0 Å². The lowest BCUT2D eigenvalue weighted by Gasteiger charge is -2.32. The van der Waals surface area contributed by atoms with Crippen LogP contribution in [-0.2, 0) is 10.4 Å². The number of alkyl halides is 2. The zero-order chi connectivity index (χ0) is 27.0. The summed E-state index contributed by atoms with van der Waals surface area (Å²) in [5, 5.41) is 14.6. The fourth-order valence-corrected chi connectivity index (χ4v) is 5.58. The number of pyridine rings is 2. The number of halogens is 3. The number of amides is 2. The Bertz CT molecular complexity index is 1380. The third kappa shape index (κ3) is 4.76. The molecule has 3 heterocycles. The van der Waals surface area contributed by atoms with E-state index in [1.165, 1.54) is 6.07 Å². The molecular formula is C28H27ClF2N4O3. The summed E-state index contributed by atoms with van der Waals surface area (Å²) in [5.41, 5.74) is -0.515. The first-order valence-corrected chi connectivity index (χ1v) is 12.9. The monoisotopic (exact) mass is 540 g/mol. The second-order valence-electron chi connectivity index (χ2n) is 9.89. The molecule has 2 amide bonds. The fourth-order valence-electron chi connectivity index (χ4n) is 5.42. The second-order valence-corrected chi connectivity index (χ2v) is 10.3. The Morgan fingerprint density at radius 3 is 2.63 bits per heavy atom. The first kappa shape index (κ1) is 26.2. The molecule has 3 aromatic rings. The van der Waals surface area contributed by atoms with Gasteiger partial charge < -0.3 is 15.3 Å². The van der Waals surface area contributed by atoms with Crippen LogP contribution < -0.4 is 10.2 Å². The quantitative estimate of drug-likeness (QED) is 0.461. The van der Waals surface area contributed by atoms with Crippen molar-refractivity contribution in [1.82, 2.24) is 15.3 Å². The number of fused-ring (bicyclic) bond motifs is 1. The third-order valence-electron chi connectivity index (χ3n) is 7.36. The predicted molar refractivity (Wildman–Crippen MR) is 138 cm³/mol. The molecule has 1 aliphatic carbocycles. The number of aliphatic hydroxyl groups is 1. The largest absolute Gasteiger partial charge is 0.370 e. The van der Waals surface area contributed by atoms with Crippen LogP contribution in [0.4, 0.5) is 14.5 Å². The molecule has 1 atom stereocenters. The van der Waals surface area contributed by atoms with Crippen LogP contribution in [-0.4, -0.2) is 39.5 Å². The molecular weight excluding hydrogens is 514 g/mol. The smallest absolute Gasteiger partial charge is 0.281 e. The third-order valence-corrected chi connectivity index (χ3v) is 7.56. The summed E-state index contributed by atoms with van der Waals surface area (Å²) < 4.78 is 26.6. The van der Waals surface area contributed by atoms with Crippen LogP contribution in [0.1, 0.15) is 65.1 Å². The number of carbonyl (C=O) groups excluding carboxylic acids is 2. The Morgan fingerprint density at radius 1 is 1.18 bits per heavy atom. The van der Waals surface area contributed by atoms with Gasteiger partial charge in [0.1, 0.15) is 5.69 Å². The van der Waals surface area contributed by atoms with Crippen LogP contribution in [0.2, 0.25) is 5.02 Å². The van der Waals surface area contributed by atoms with Crippen LogP contribution in [0, 0.1) is 12.8 Å². The molecule has 1 unspecified atom stereocenters. The van der Waals surface area contributed by atoms with Crippen molar-refractivity contribution < 1.29 is 23.5 Å². The van der Waals surface area contributed by atoms with Crippen molar-refractivity contribution >= 4 is 29.1 Å². The highest BCUT2D eigenvalue weighted by molar-refractivity contribution is 6.30. The van der Waals surface area contributed by atoms with E-state index in [0.29, 0.717) is 54.9 Å². The lowest BCUT2D eigenvalue weighted by atomic mass is 9.85. The van der Waals surface area contributed by atoms with Crippen LogP contribution >= 0.6 is 11.6 Å². The molecule has 1 aliphatic heterocycles. The summed E-state index contributed by atoms with van der Waals surface area (Å²) in [6.45, 7) is 2.22. The van der Waals surface area contributed by atoms with Gasteiger partial charge in [-0.2, -0.15) is 0 Å².